The maximum atomic E-state index is 11.8. The number of hydrogen-bond acceptors (Lipinski definition) is 3. The van der Waals surface area contributed by atoms with Gasteiger partial charge in [-0.05, 0) is 27.2 Å². The van der Waals surface area contributed by atoms with Gasteiger partial charge in [0.25, 0.3) is 0 Å². The molecule has 0 aliphatic heterocycles. The van der Waals surface area contributed by atoms with Crippen molar-refractivity contribution in [3.05, 3.63) is 0 Å². The molecule has 0 unspecified atom stereocenters. The zero-order valence-electron chi connectivity index (χ0n) is 9.08. The molecule has 0 aromatic carbocycles. The fourth-order valence-electron chi connectivity index (χ4n) is 1.11. The molecule has 0 atom stereocenters. The minimum atomic E-state index is -0.967. The Kier molecular flexibility index (Phi) is 5.18. The topological polar surface area (TPSA) is 64.3 Å². The van der Waals surface area contributed by atoms with E-state index in [0.717, 1.165) is 0 Å². The Labute approximate surface area is 85.1 Å². The van der Waals surface area contributed by atoms with Gasteiger partial charge in [-0.15, -0.1) is 0 Å². The molecule has 4 nitrogen and oxygen atoms in total. The van der Waals surface area contributed by atoms with E-state index in [1.54, 1.807) is 18.7 Å². The van der Waals surface area contributed by atoms with E-state index in [4.69, 9.17) is 10.4 Å². The number of rotatable bonds is 5. The van der Waals surface area contributed by atoms with Gasteiger partial charge in [-0.3, -0.25) is 4.79 Å². The van der Waals surface area contributed by atoms with Gasteiger partial charge in [0.15, 0.2) is 0 Å². The molecule has 0 spiro atoms. The number of nitriles is 1. The molecule has 0 radical (unpaired) electrons. The van der Waals surface area contributed by atoms with Crippen LogP contribution in [0.25, 0.3) is 0 Å². The Morgan fingerprint density at radius 3 is 2.50 bits per heavy atom. The van der Waals surface area contributed by atoms with Crippen molar-refractivity contribution in [2.24, 2.45) is 5.41 Å². The Morgan fingerprint density at radius 1 is 1.57 bits per heavy atom. The van der Waals surface area contributed by atoms with Crippen molar-refractivity contribution in [3.8, 4) is 6.07 Å². The summed E-state index contributed by atoms with van der Waals surface area (Å²) in [5.41, 5.74) is -0.967. The predicted molar refractivity (Wildman–Crippen MR) is 53.4 cm³/mol. The maximum Gasteiger partial charge on any atom is 0.242 e. The summed E-state index contributed by atoms with van der Waals surface area (Å²) in [5.74, 6) is -0.170. The normalized spacial score (nSPS) is 10.8. The Bertz CT molecular complexity index is 231. The van der Waals surface area contributed by atoms with Gasteiger partial charge in [-0.25, -0.2) is 0 Å². The minimum absolute atomic E-state index is 0.0662. The van der Waals surface area contributed by atoms with Crippen molar-refractivity contribution in [1.82, 2.24) is 4.90 Å². The lowest BCUT2D eigenvalue weighted by Gasteiger charge is -2.26. The molecule has 80 valence electrons. The fourth-order valence-corrected chi connectivity index (χ4v) is 1.11. The second kappa shape index (κ2) is 5.61. The third kappa shape index (κ3) is 3.35. The standard InChI is InChI=1S/C10H18N2O2/c1-4-12(6-5-7-13)9(14)10(2,3)8-11/h13H,4-7H2,1-3H3. The second-order valence-corrected chi connectivity index (χ2v) is 3.70. The van der Waals surface area contributed by atoms with Crippen LogP contribution in [0.3, 0.4) is 0 Å². The molecule has 1 amide bonds. The lowest BCUT2D eigenvalue weighted by atomic mass is 9.94. The molecule has 0 aliphatic carbocycles. The lowest BCUT2D eigenvalue weighted by Crippen LogP contribution is -2.40. The SMILES string of the molecule is CCN(CCCO)C(=O)C(C)(C)C#N. The first-order valence-electron chi connectivity index (χ1n) is 4.81. The minimum Gasteiger partial charge on any atom is -0.396 e. The van der Waals surface area contributed by atoms with E-state index in [2.05, 4.69) is 0 Å². The zero-order chi connectivity index (χ0) is 11.2. The highest BCUT2D eigenvalue weighted by molar-refractivity contribution is 5.84. The predicted octanol–water partition coefficient (Wildman–Crippen LogP) is 0.767. The number of amides is 1. The van der Waals surface area contributed by atoms with Gasteiger partial charge in [0.1, 0.15) is 5.41 Å². The third-order valence-electron chi connectivity index (χ3n) is 2.07. The van der Waals surface area contributed by atoms with Gasteiger partial charge in [0.2, 0.25) is 5.91 Å². The molecular weight excluding hydrogens is 180 g/mol. The van der Waals surface area contributed by atoms with Crippen LogP contribution in [0.4, 0.5) is 0 Å². The van der Waals surface area contributed by atoms with E-state index < -0.39 is 5.41 Å². The van der Waals surface area contributed by atoms with Crippen LogP contribution in [0.15, 0.2) is 0 Å². The van der Waals surface area contributed by atoms with Gasteiger partial charge in [-0.1, -0.05) is 0 Å². The van der Waals surface area contributed by atoms with Crippen molar-refractivity contribution >= 4 is 5.91 Å². The Morgan fingerprint density at radius 2 is 2.14 bits per heavy atom. The zero-order valence-corrected chi connectivity index (χ0v) is 9.08. The van der Waals surface area contributed by atoms with Crippen LogP contribution in [0.2, 0.25) is 0 Å². The molecule has 0 saturated carbocycles. The maximum absolute atomic E-state index is 11.8. The summed E-state index contributed by atoms with van der Waals surface area (Å²) in [6.45, 7) is 6.23. The number of carbonyl (C=O) groups is 1. The average Bonchev–Trinajstić information content (AvgIpc) is 2.18. The summed E-state index contributed by atoms with van der Waals surface area (Å²) in [6.07, 6.45) is 0.557. The van der Waals surface area contributed by atoms with Crippen molar-refractivity contribution < 1.29 is 9.90 Å². The van der Waals surface area contributed by atoms with Gasteiger partial charge in [0, 0.05) is 19.7 Å². The molecule has 0 saturated heterocycles. The molecule has 0 aliphatic rings. The molecule has 0 rings (SSSR count). The highest BCUT2D eigenvalue weighted by Gasteiger charge is 2.30. The van der Waals surface area contributed by atoms with Crippen molar-refractivity contribution in [1.29, 1.82) is 5.26 Å². The summed E-state index contributed by atoms with van der Waals surface area (Å²) in [5, 5.41) is 17.4. The van der Waals surface area contributed by atoms with Gasteiger partial charge in [-0.2, -0.15) is 5.26 Å². The first-order valence-corrected chi connectivity index (χ1v) is 4.81. The summed E-state index contributed by atoms with van der Waals surface area (Å²) < 4.78 is 0. The van der Waals surface area contributed by atoms with Crippen LogP contribution in [0, 0.1) is 16.7 Å². The summed E-state index contributed by atoms with van der Waals surface area (Å²) in [7, 11) is 0. The van der Waals surface area contributed by atoms with E-state index in [-0.39, 0.29) is 12.5 Å². The van der Waals surface area contributed by atoms with Crippen LogP contribution in [0.5, 0.6) is 0 Å². The van der Waals surface area contributed by atoms with Crippen LogP contribution in [0.1, 0.15) is 27.2 Å². The fraction of sp³-hybridized carbons (Fsp3) is 0.800. The Hall–Kier alpha value is -1.08. The molecule has 0 aromatic heterocycles. The smallest absolute Gasteiger partial charge is 0.242 e. The largest absolute Gasteiger partial charge is 0.396 e. The van der Waals surface area contributed by atoms with Crippen LogP contribution < -0.4 is 0 Å². The monoisotopic (exact) mass is 198 g/mol. The second-order valence-electron chi connectivity index (χ2n) is 3.70. The van der Waals surface area contributed by atoms with E-state index in [1.165, 1.54) is 0 Å². The molecule has 0 heterocycles. The summed E-state index contributed by atoms with van der Waals surface area (Å²) in [6, 6.07) is 1.98. The number of carbonyl (C=O) groups excluding carboxylic acids is 1. The van der Waals surface area contributed by atoms with Gasteiger partial charge < -0.3 is 10.0 Å². The molecule has 1 N–H and O–H groups in total. The molecule has 0 aromatic rings. The van der Waals surface area contributed by atoms with E-state index in [9.17, 15) is 4.79 Å². The Balaban J connectivity index is 4.40. The first kappa shape index (κ1) is 12.9. The van der Waals surface area contributed by atoms with Crippen LogP contribution in [-0.4, -0.2) is 35.6 Å². The average molecular weight is 198 g/mol. The summed E-state index contributed by atoms with van der Waals surface area (Å²) in [4.78, 5) is 13.4. The van der Waals surface area contributed by atoms with E-state index >= 15 is 0 Å². The van der Waals surface area contributed by atoms with E-state index in [1.807, 2.05) is 13.0 Å². The highest BCUT2D eigenvalue weighted by Crippen LogP contribution is 2.17. The van der Waals surface area contributed by atoms with Crippen molar-refractivity contribution in [3.63, 3.8) is 0 Å². The lowest BCUT2D eigenvalue weighted by molar-refractivity contribution is -0.137. The number of nitrogens with zero attached hydrogens (tertiary/aromatic N) is 2. The molecule has 0 fully saturated rings. The first-order chi connectivity index (χ1) is 6.49. The van der Waals surface area contributed by atoms with Crippen molar-refractivity contribution in [2.45, 2.75) is 27.2 Å². The highest BCUT2D eigenvalue weighted by atomic mass is 16.3. The molecule has 14 heavy (non-hydrogen) atoms. The van der Waals surface area contributed by atoms with Crippen LogP contribution in [-0.2, 0) is 4.79 Å². The third-order valence-corrected chi connectivity index (χ3v) is 2.07. The number of aliphatic hydroxyl groups is 1. The molecular formula is C10H18N2O2. The number of hydrogen-bond donors (Lipinski definition) is 1. The molecule has 0 bridgehead atoms. The van der Waals surface area contributed by atoms with Gasteiger partial charge >= 0.3 is 0 Å². The summed E-state index contributed by atoms with van der Waals surface area (Å²) >= 11 is 0. The molecule has 4 heteroatoms. The quantitative estimate of drug-likeness (QED) is 0.709. The van der Waals surface area contributed by atoms with E-state index in [0.29, 0.717) is 19.5 Å². The number of aliphatic hydroxyl groups excluding tert-OH is 1. The van der Waals surface area contributed by atoms with Gasteiger partial charge in [0.05, 0.1) is 6.07 Å². The van der Waals surface area contributed by atoms with Crippen molar-refractivity contribution in [2.75, 3.05) is 19.7 Å². The van der Waals surface area contributed by atoms with Crippen LogP contribution >= 0.6 is 0 Å².